The molecule has 0 saturated carbocycles. The van der Waals surface area contributed by atoms with E-state index in [0.29, 0.717) is 24.0 Å². The first-order valence-electron chi connectivity index (χ1n) is 7.22. The van der Waals surface area contributed by atoms with Crippen molar-refractivity contribution in [3.8, 4) is 0 Å². The molecule has 0 heterocycles. The normalized spacial score (nSPS) is 10.9. The van der Waals surface area contributed by atoms with E-state index in [1.807, 2.05) is 36.2 Å². The Morgan fingerprint density at radius 1 is 1.43 bits per heavy atom. The van der Waals surface area contributed by atoms with E-state index in [-0.39, 0.29) is 5.91 Å². The van der Waals surface area contributed by atoms with Crippen molar-refractivity contribution in [3.63, 3.8) is 0 Å². The standard InChI is InChI=1S/C16H25N3OS/c1-12(2)7-8-18-15(20)11-19(3)10-13-5-4-6-14(9-13)16(17)21/h4-6,9,12H,7-8,10-11H2,1-3H3,(H2,17,21)(H,18,20). The van der Waals surface area contributed by atoms with Crippen LogP contribution in [0.5, 0.6) is 0 Å². The molecule has 3 N–H and O–H groups in total. The summed E-state index contributed by atoms with van der Waals surface area (Å²) < 4.78 is 0. The van der Waals surface area contributed by atoms with Gasteiger partial charge in [0, 0.05) is 18.7 Å². The average Bonchev–Trinajstić information content (AvgIpc) is 2.38. The molecule has 0 spiro atoms. The topological polar surface area (TPSA) is 58.4 Å². The van der Waals surface area contributed by atoms with Gasteiger partial charge in [0.1, 0.15) is 4.99 Å². The number of amides is 1. The third-order valence-corrected chi connectivity index (χ3v) is 3.36. The van der Waals surface area contributed by atoms with Crippen LogP contribution in [-0.2, 0) is 11.3 Å². The first-order chi connectivity index (χ1) is 9.88. The van der Waals surface area contributed by atoms with Crippen LogP contribution in [0.25, 0.3) is 0 Å². The molecule has 1 aromatic rings. The number of carbonyl (C=O) groups excluding carboxylic acids is 1. The predicted molar refractivity (Wildman–Crippen MR) is 91.1 cm³/mol. The number of hydrogen-bond donors (Lipinski definition) is 2. The van der Waals surface area contributed by atoms with Gasteiger partial charge in [0.2, 0.25) is 5.91 Å². The fourth-order valence-corrected chi connectivity index (χ4v) is 2.12. The van der Waals surface area contributed by atoms with Gasteiger partial charge in [-0.3, -0.25) is 9.69 Å². The number of carbonyl (C=O) groups is 1. The third kappa shape index (κ3) is 7.20. The molecule has 0 saturated heterocycles. The Hall–Kier alpha value is -1.46. The summed E-state index contributed by atoms with van der Waals surface area (Å²) in [6, 6.07) is 7.80. The molecule has 5 heteroatoms. The van der Waals surface area contributed by atoms with Crippen LogP contribution in [0.1, 0.15) is 31.4 Å². The highest BCUT2D eigenvalue weighted by atomic mass is 32.1. The van der Waals surface area contributed by atoms with Crippen molar-refractivity contribution in [1.82, 2.24) is 10.2 Å². The fourth-order valence-electron chi connectivity index (χ4n) is 1.99. The van der Waals surface area contributed by atoms with Gasteiger partial charge in [0.25, 0.3) is 0 Å². The molecule has 0 radical (unpaired) electrons. The quantitative estimate of drug-likeness (QED) is 0.720. The molecule has 0 aliphatic heterocycles. The van der Waals surface area contributed by atoms with Crippen molar-refractivity contribution in [1.29, 1.82) is 0 Å². The number of hydrogen-bond acceptors (Lipinski definition) is 3. The van der Waals surface area contributed by atoms with Crippen molar-refractivity contribution in [2.45, 2.75) is 26.8 Å². The van der Waals surface area contributed by atoms with E-state index in [9.17, 15) is 4.79 Å². The zero-order valence-corrected chi connectivity index (χ0v) is 13.9. The summed E-state index contributed by atoms with van der Waals surface area (Å²) in [6.45, 7) is 6.10. The second kappa shape index (κ2) is 8.74. The van der Waals surface area contributed by atoms with Crippen LogP contribution in [-0.4, -0.2) is 35.9 Å². The van der Waals surface area contributed by atoms with Crippen molar-refractivity contribution in [3.05, 3.63) is 35.4 Å². The maximum Gasteiger partial charge on any atom is 0.234 e. The number of nitrogens with one attached hydrogen (secondary N) is 1. The Bertz CT molecular complexity index is 488. The van der Waals surface area contributed by atoms with Gasteiger partial charge in [-0.05, 0) is 31.0 Å². The Morgan fingerprint density at radius 3 is 2.76 bits per heavy atom. The van der Waals surface area contributed by atoms with E-state index in [2.05, 4.69) is 19.2 Å². The molecule has 0 aliphatic rings. The first-order valence-corrected chi connectivity index (χ1v) is 7.63. The molecule has 1 amide bonds. The number of nitrogens with zero attached hydrogens (tertiary/aromatic N) is 1. The fraction of sp³-hybridized carbons (Fsp3) is 0.500. The molecule has 4 nitrogen and oxygen atoms in total. The van der Waals surface area contributed by atoms with Gasteiger partial charge >= 0.3 is 0 Å². The molecule has 0 fully saturated rings. The SMILES string of the molecule is CC(C)CCNC(=O)CN(C)Cc1cccc(C(N)=S)c1. The van der Waals surface area contributed by atoms with Crippen LogP contribution >= 0.6 is 12.2 Å². The van der Waals surface area contributed by atoms with Crippen molar-refractivity contribution in [2.24, 2.45) is 11.7 Å². The minimum atomic E-state index is 0.0589. The third-order valence-electron chi connectivity index (χ3n) is 3.12. The van der Waals surface area contributed by atoms with Crippen LogP contribution in [0.4, 0.5) is 0 Å². The van der Waals surface area contributed by atoms with Crippen LogP contribution in [0, 0.1) is 5.92 Å². The molecule has 1 aromatic carbocycles. The largest absolute Gasteiger partial charge is 0.389 e. The number of rotatable bonds is 8. The van der Waals surface area contributed by atoms with Gasteiger partial charge in [-0.1, -0.05) is 44.3 Å². The highest BCUT2D eigenvalue weighted by Gasteiger charge is 2.08. The lowest BCUT2D eigenvalue weighted by atomic mass is 10.1. The van der Waals surface area contributed by atoms with Gasteiger partial charge in [-0.15, -0.1) is 0 Å². The van der Waals surface area contributed by atoms with Gasteiger partial charge < -0.3 is 11.1 Å². The van der Waals surface area contributed by atoms with E-state index in [1.54, 1.807) is 0 Å². The molecule has 0 unspecified atom stereocenters. The minimum absolute atomic E-state index is 0.0589. The Balaban J connectivity index is 2.42. The molecule has 0 bridgehead atoms. The zero-order valence-electron chi connectivity index (χ0n) is 13.1. The highest BCUT2D eigenvalue weighted by molar-refractivity contribution is 7.80. The summed E-state index contributed by atoms with van der Waals surface area (Å²) in [5, 5.41) is 2.94. The summed E-state index contributed by atoms with van der Waals surface area (Å²) in [6.07, 6.45) is 1.01. The van der Waals surface area contributed by atoms with E-state index in [4.69, 9.17) is 18.0 Å². The maximum absolute atomic E-state index is 11.8. The molecule has 21 heavy (non-hydrogen) atoms. The van der Waals surface area contributed by atoms with Crippen molar-refractivity contribution >= 4 is 23.1 Å². The lowest BCUT2D eigenvalue weighted by Gasteiger charge is -2.17. The molecular weight excluding hydrogens is 282 g/mol. The number of benzene rings is 1. The molecule has 1 rings (SSSR count). The second-order valence-corrected chi connectivity index (χ2v) is 6.21. The number of nitrogens with two attached hydrogens (primary N) is 1. The lowest BCUT2D eigenvalue weighted by molar-refractivity contribution is -0.122. The Labute approximate surface area is 132 Å². The van der Waals surface area contributed by atoms with Gasteiger partial charge in [-0.2, -0.15) is 0 Å². The van der Waals surface area contributed by atoms with E-state index >= 15 is 0 Å². The first kappa shape index (κ1) is 17.6. The van der Waals surface area contributed by atoms with Crippen molar-refractivity contribution < 1.29 is 4.79 Å². The Morgan fingerprint density at radius 2 is 2.14 bits per heavy atom. The van der Waals surface area contributed by atoms with Crippen LogP contribution < -0.4 is 11.1 Å². The van der Waals surface area contributed by atoms with E-state index < -0.39 is 0 Å². The van der Waals surface area contributed by atoms with Gasteiger partial charge in [0.15, 0.2) is 0 Å². The zero-order chi connectivity index (χ0) is 15.8. The number of likely N-dealkylation sites (N-methyl/N-ethyl adjacent to an activating group) is 1. The smallest absolute Gasteiger partial charge is 0.234 e. The van der Waals surface area contributed by atoms with Crippen LogP contribution in [0.3, 0.4) is 0 Å². The highest BCUT2D eigenvalue weighted by Crippen LogP contribution is 2.07. The van der Waals surface area contributed by atoms with E-state index in [1.165, 1.54) is 0 Å². The summed E-state index contributed by atoms with van der Waals surface area (Å²) in [5.74, 6) is 0.662. The molecular formula is C16H25N3OS. The summed E-state index contributed by atoms with van der Waals surface area (Å²) in [5.41, 5.74) is 7.58. The molecule has 0 atom stereocenters. The summed E-state index contributed by atoms with van der Waals surface area (Å²) in [4.78, 5) is 14.2. The Kier molecular flexibility index (Phi) is 7.32. The maximum atomic E-state index is 11.8. The second-order valence-electron chi connectivity index (χ2n) is 5.77. The van der Waals surface area contributed by atoms with Crippen LogP contribution in [0.15, 0.2) is 24.3 Å². The molecule has 0 aliphatic carbocycles. The summed E-state index contributed by atoms with van der Waals surface area (Å²) in [7, 11) is 1.93. The minimum Gasteiger partial charge on any atom is -0.389 e. The van der Waals surface area contributed by atoms with Crippen LogP contribution in [0.2, 0.25) is 0 Å². The van der Waals surface area contributed by atoms with Gasteiger partial charge in [0.05, 0.1) is 6.54 Å². The average molecular weight is 307 g/mol. The molecule has 116 valence electrons. The predicted octanol–water partition coefficient (Wildman–Crippen LogP) is 1.91. The number of thiocarbonyl (C=S) groups is 1. The van der Waals surface area contributed by atoms with E-state index in [0.717, 1.165) is 24.1 Å². The summed E-state index contributed by atoms with van der Waals surface area (Å²) >= 11 is 4.97. The lowest BCUT2D eigenvalue weighted by Crippen LogP contribution is -2.35. The van der Waals surface area contributed by atoms with Crippen molar-refractivity contribution in [2.75, 3.05) is 20.1 Å². The monoisotopic (exact) mass is 307 g/mol. The molecule has 0 aromatic heterocycles. The van der Waals surface area contributed by atoms with Gasteiger partial charge in [-0.25, -0.2) is 0 Å².